The molecule has 0 aromatic heterocycles. The fraction of sp³-hybridized carbons (Fsp3) is 0.500. The van der Waals surface area contributed by atoms with Crippen molar-refractivity contribution >= 4 is 27.6 Å². The Kier molecular flexibility index (Phi) is 5.85. The van der Waals surface area contributed by atoms with Crippen molar-refractivity contribution < 1.29 is 27.8 Å². The Labute approximate surface area is 139 Å². The van der Waals surface area contributed by atoms with Gasteiger partial charge in [0.05, 0.1) is 12.1 Å². The van der Waals surface area contributed by atoms with Crippen LogP contribution in [0.1, 0.15) is 12.8 Å². The molecule has 0 aliphatic carbocycles. The summed E-state index contributed by atoms with van der Waals surface area (Å²) >= 11 is 5.93. The predicted molar refractivity (Wildman–Crippen MR) is 83.3 cm³/mol. The first-order chi connectivity index (χ1) is 10.8. The van der Waals surface area contributed by atoms with Crippen molar-refractivity contribution in [2.45, 2.75) is 23.8 Å². The van der Waals surface area contributed by atoms with Gasteiger partial charge in [0.2, 0.25) is 10.0 Å². The van der Waals surface area contributed by atoms with Crippen LogP contribution >= 0.6 is 11.6 Å². The summed E-state index contributed by atoms with van der Waals surface area (Å²) in [4.78, 5) is 11.2. The first kappa shape index (κ1) is 18.0. The highest BCUT2D eigenvalue weighted by atomic mass is 35.5. The van der Waals surface area contributed by atoms with Gasteiger partial charge >= 0.3 is 5.97 Å². The molecule has 2 atom stereocenters. The molecule has 2 unspecified atom stereocenters. The number of halogens is 1. The summed E-state index contributed by atoms with van der Waals surface area (Å²) in [5.41, 5.74) is 0. The molecule has 0 amide bonds. The maximum Gasteiger partial charge on any atom is 0.321 e. The highest BCUT2D eigenvalue weighted by Crippen LogP contribution is 2.27. The third kappa shape index (κ3) is 4.57. The lowest BCUT2D eigenvalue weighted by molar-refractivity contribution is -0.139. The van der Waals surface area contributed by atoms with E-state index in [4.69, 9.17) is 21.1 Å². The smallest absolute Gasteiger partial charge is 0.321 e. The quantitative estimate of drug-likeness (QED) is 0.761. The summed E-state index contributed by atoms with van der Waals surface area (Å²) in [6, 6.07) is 2.91. The van der Waals surface area contributed by atoms with Gasteiger partial charge in [0, 0.05) is 19.3 Å². The van der Waals surface area contributed by atoms with Crippen molar-refractivity contribution in [1.29, 1.82) is 0 Å². The summed E-state index contributed by atoms with van der Waals surface area (Å²) < 4.78 is 37.3. The number of benzene rings is 1. The number of hydrogen-bond acceptors (Lipinski definition) is 5. The van der Waals surface area contributed by atoms with Gasteiger partial charge in [0.15, 0.2) is 0 Å². The van der Waals surface area contributed by atoms with Crippen molar-refractivity contribution in [2.24, 2.45) is 5.92 Å². The van der Waals surface area contributed by atoms with E-state index in [9.17, 15) is 18.3 Å². The summed E-state index contributed by atoms with van der Waals surface area (Å²) in [5.74, 6) is -0.912. The summed E-state index contributed by atoms with van der Waals surface area (Å²) in [7, 11) is -2.70. The van der Waals surface area contributed by atoms with Crippen LogP contribution in [-0.2, 0) is 19.6 Å². The number of hydrogen-bond donors (Lipinski definition) is 2. The molecule has 1 aliphatic heterocycles. The minimum Gasteiger partial charge on any atom is -0.497 e. The Hall–Kier alpha value is -1.35. The Morgan fingerprint density at radius 1 is 1.57 bits per heavy atom. The van der Waals surface area contributed by atoms with Gasteiger partial charge in [-0.25, -0.2) is 8.42 Å². The van der Waals surface area contributed by atoms with Crippen LogP contribution in [0.25, 0.3) is 0 Å². The molecule has 0 saturated carbocycles. The maximum atomic E-state index is 12.5. The lowest BCUT2D eigenvalue weighted by Gasteiger charge is -2.18. The van der Waals surface area contributed by atoms with Crippen molar-refractivity contribution in [2.75, 3.05) is 20.3 Å². The molecule has 0 spiro atoms. The van der Waals surface area contributed by atoms with E-state index in [0.717, 1.165) is 0 Å². The first-order valence-electron chi connectivity index (χ1n) is 7.00. The molecule has 1 saturated heterocycles. The lowest BCUT2D eigenvalue weighted by Crippen LogP contribution is -2.42. The zero-order valence-electron chi connectivity index (χ0n) is 12.5. The van der Waals surface area contributed by atoms with Crippen LogP contribution in [0.2, 0.25) is 5.02 Å². The highest BCUT2D eigenvalue weighted by molar-refractivity contribution is 7.89. The van der Waals surface area contributed by atoms with E-state index >= 15 is 0 Å². The minimum atomic E-state index is -4.09. The van der Waals surface area contributed by atoms with Gasteiger partial charge in [0.25, 0.3) is 0 Å². The Morgan fingerprint density at radius 2 is 2.30 bits per heavy atom. The predicted octanol–water partition coefficient (Wildman–Crippen LogP) is 1.51. The van der Waals surface area contributed by atoms with E-state index in [1.54, 1.807) is 0 Å². The number of carboxylic acid groups (broad SMARTS) is 1. The van der Waals surface area contributed by atoms with E-state index < -0.39 is 22.0 Å². The van der Waals surface area contributed by atoms with Gasteiger partial charge in [-0.1, -0.05) is 11.6 Å². The van der Waals surface area contributed by atoms with Crippen molar-refractivity contribution in [3.8, 4) is 5.75 Å². The molecule has 2 rings (SSSR count). The van der Waals surface area contributed by atoms with Gasteiger partial charge in [-0.2, -0.15) is 4.72 Å². The molecule has 23 heavy (non-hydrogen) atoms. The molecule has 0 bridgehead atoms. The van der Waals surface area contributed by atoms with Gasteiger partial charge in [-0.3, -0.25) is 4.79 Å². The number of rotatable bonds is 7. The van der Waals surface area contributed by atoms with Gasteiger partial charge in [0.1, 0.15) is 16.7 Å². The Balaban J connectivity index is 2.21. The van der Waals surface area contributed by atoms with Crippen LogP contribution < -0.4 is 9.46 Å². The average Bonchev–Trinajstić information content (AvgIpc) is 2.99. The zero-order chi connectivity index (χ0) is 17.0. The van der Waals surface area contributed by atoms with Gasteiger partial charge in [-0.15, -0.1) is 0 Å². The molecule has 1 aromatic carbocycles. The van der Waals surface area contributed by atoms with Crippen molar-refractivity contribution in [3.63, 3.8) is 0 Å². The summed E-state index contributed by atoms with van der Waals surface area (Å²) in [5, 5.41) is 9.28. The van der Waals surface area contributed by atoms with E-state index in [-0.39, 0.29) is 22.3 Å². The molecule has 1 fully saturated rings. The molecule has 7 nitrogen and oxygen atoms in total. The SMILES string of the molecule is COc1ccc(Cl)c(S(=O)(=O)NC(CC2CCOC2)C(=O)O)c1. The number of nitrogens with one attached hydrogen (secondary N) is 1. The molecular weight excluding hydrogens is 346 g/mol. The third-order valence-electron chi connectivity index (χ3n) is 3.62. The van der Waals surface area contributed by atoms with Crippen LogP contribution in [0.5, 0.6) is 5.75 Å². The normalized spacial score (nSPS) is 19.5. The molecule has 128 valence electrons. The van der Waals surface area contributed by atoms with E-state index in [0.29, 0.717) is 25.4 Å². The van der Waals surface area contributed by atoms with Crippen LogP contribution in [0.4, 0.5) is 0 Å². The fourth-order valence-electron chi connectivity index (χ4n) is 2.37. The molecule has 9 heteroatoms. The molecule has 1 heterocycles. The number of methoxy groups -OCH3 is 1. The van der Waals surface area contributed by atoms with Crippen LogP contribution in [0, 0.1) is 5.92 Å². The monoisotopic (exact) mass is 363 g/mol. The second-order valence-electron chi connectivity index (χ2n) is 5.27. The molecule has 2 N–H and O–H groups in total. The maximum absolute atomic E-state index is 12.5. The largest absolute Gasteiger partial charge is 0.497 e. The van der Waals surface area contributed by atoms with Crippen molar-refractivity contribution in [3.05, 3.63) is 23.2 Å². The lowest BCUT2D eigenvalue weighted by atomic mass is 10.00. The fourth-order valence-corrected chi connectivity index (χ4v) is 4.09. The first-order valence-corrected chi connectivity index (χ1v) is 8.86. The van der Waals surface area contributed by atoms with E-state index in [1.807, 2.05) is 0 Å². The van der Waals surface area contributed by atoms with Crippen LogP contribution in [0.15, 0.2) is 23.1 Å². The minimum absolute atomic E-state index is 0.00774. The van der Waals surface area contributed by atoms with Crippen LogP contribution in [-0.4, -0.2) is 45.9 Å². The van der Waals surface area contributed by atoms with Gasteiger partial charge in [-0.05, 0) is 30.9 Å². The second kappa shape index (κ2) is 7.48. The average molecular weight is 364 g/mol. The standard InChI is InChI=1S/C14H18ClNO6S/c1-21-10-2-3-11(15)13(7-10)23(19,20)16-12(14(17)18)6-9-4-5-22-8-9/h2-3,7,9,12,16H,4-6,8H2,1H3,(H,17,18). The third-order valence-corrected chi connectivity index (χ3v) is 5.57. The topological polar surface area (TPSA) is 102 Å². The number of carboxylic acids is 1. The zero-order valence-corrected chi connectivity index (χ0v) is 14.1. The number of ether oxygens (including phenoxy) is 2. The van der Waals surface area contributed by atoms with E-state index in [2.05, 4.69) is 4.72 Å². The molecular formula is C14H18ClNO6S. The number of aliphatic carboxylic acids is 1. The Bertz CT molecular complexity index is 672. The van der Waals surface area contributed by atoms with E-state index in [1.165, 1.54) is 25.3 Å². The van der Waals surface area contributed by atoms with Crippen LogP contribution in [0.3, 0.4) is 0 Å². The molecule has 1 aliphatic rings. The Morgan fingerprint density at radius 3 is 2.87 bits per heavy atom. The highest BCUT2D eigenvalue weighted by Gasteiger charge is 2.30. The molecule has 0 radical (unpaired) electrons. The molecule has 1 aromatic rings. The summed E-state index contributed by atoms with van der Waals surface area (Å²) in [6.45, 7) is 0.997. The van der Waals surface area contributed by atoms with Crippen molar-refractivity contribution in [1.82, 2.24) is 4.72 Å². The van der Waals surface area contributed by atoms with Gasteiger partial charge < -0.3 is 14.6 Å². The number of sulfonamides is 1. The number of carbonyl (C=O) groups is 1. The summed E-state index contributed by atoms with van der Waals surface area (Å²) in [6.07, 6.45) is 0.877. The second-order valence-corrected chi connectivity index (χ2v) is 7.36.